The van der Waals surface area contributed by atoms with Crippen LogP contribution in [0.3, 0.4) is 0 Å². The molecule has 1 saturated carbocycles. The number of halogens is 3. The molecule has 0 spiro atoms. The fourth-order valence-electron chi connectivity index (χ4n) is 12.1. The lowest BCUT2D eigenvalue weighted by Crippen LogP contribution is -2.55. The van der Waals surface area contributed by atoms with Crippen molar-refractivity contribution in [2.24, 2.45) is 13.0 Å². The third kappa shape index (κ3) is 11.6. The van der Waals surface area contributed by atoms with Crippen molar-refractivity contribution < 1.29 is 41.8 Å². The molecule has 1 unspecified atom stereocenters. The van der Waals surface area contributed by atoms with Crippen LogP contribution in [-0.4, -0.2) is 105 Å². The van der Waals surface area contributed by atoms with E-state index in [0.29, 0.717) is 91.8 Å². The Morgan fingerprint density at radius 1 is 0.838 bits per heavy atom. The maximum Gasteiger partial charge on any atom is 0.404 e. The average Bonchev–Trinajstić information content (AvgIpc) is 4.03. The Morgan fingerprint density at radius 2 is 1.61 bits per heavy atom. The Hall–Kier alpha value is -7.38. The van der Waals surface area contributed by atoms with Crippen molar-refractivity contribution in [1.29, 1.82) is 0 Å². The molecule has 19 heteroatoms. The van der Waals surface area contributed by atoms with Crippen molar-refractivity contribution in [3.8, 4) is 16.9 Å². The summed E-state index contributed by atoms with van der Waals surface area (Å²) in [6, 6.07) is 27.4. The zero-order chi connectivity index (χ0) is 56.0. The molecule has 4 aromatic carbocycles. The molecule has 6 heterocycles. The standard InChI is InChI=1S/C61H66F3N9O6S/c1-36-41(42-23-26-52(66-55(42)58(77)79-60(2,3)4)73-29-28-38-10-8-12-43(46(38)35-73)56(75)68-59-65-47-13-6-7-15-50(47)80-59)11-9-14-49(36)78-40-20-16-37(17-21-40)18-25-51(61(62,63)64)72-32-30-71(31-33-72)39-19-22-44-48(34-39)70(5)69-54(44)45-24-27-53(74)67-57(45)76/h6-15,19,22-23,26,34,37,40,45,51H,16-18,20-21,24-25,27-33,35H2,1-5H3,(H,65,68,75)(H,67,74,76)/t37?,40?,45?,51-/m0/s1. The number of hydrogen-bond donors (Lipinski definition) is 2. The third-order valence-corrected chi connectivity index (χ3v) is 17.2. The summed E-state index contributed by atoms with van der Waals surface area (Å²) in [5.41, 5.74) is 7.22. The molecule has 11 rings (SSSR count). The van der Waals surface area contributed by atoms with Gasteiger partial charge < -0.3 is 19.3 Å². The van der Waals surface area contributed by atoms with Crippen molar-refractivity contribution in [3.63, 3.8) is 0 Å². The summed E-state index contributed by atoms with van der Waals surface area (Å²) in [4.78, 5) is 67.8. The van der Waals surface area contributed by atoms with Gasteiger partial charge in [-0.05, 0) is 162 Å². The number of fused-ring (bicyclic) bond motifs is 3. The fraction of sp³-hybridized carbons (Fsp3) is 0.426. The number of benzene rings is 4. The molecule has 2 N–H and O–H groups in total. The Morgan fingerprint density at radius 3 is 2.36 bits per heavy atom. The van der Waals surface area contributed by atoms with Gasteiger partial charge in [0.2, 0.25) is 11.8 Å². The van der Waals surface area contributed by atoms with Gasteiger partial charge in [0, 0.05) is 74.9 Å². The van der Waals surface area contributed by atoms with Gasteiger partial charge in [-0.2, -0.15) is 18.3 Å². The van der Waals surface area contributed by atoms with Crippen LogP contribution in [0, 0.1) is 12.8 Å². The number of alkyl halides is 3. The van der Waals surface area contributed by atoms with Crippen LogP contribution in [0.4, 0.5) is 29.8 Å². The first-order valence-electron chi connectivity index (χ1n) is 27.7. The van der Waals surface area contributed by atoms with Crippen molar-refractivity contribution in [2.75, 3.05) is 47.8 Å². The summed E-state index contributed by atoms with van der Waals surface area (Å²) in [6.45, 7) is 9.86. The Bertz CT molecular complexity index is 3470. The van der Waals surface area contributed by atoms with Crippen molar-refractivity contribution in [2.45, 2.75) is 122 Å². The second-order valence-corrected chi connectivity index (χ2v) is 23.7. The highest BCUT2D eigenvalue weighted by Gasteiger charge is 2.44. The molecule has 3 fully saturated rings. The van der Waals surface area contributed by atoms with Gasteiger partial charge >= 0.3 is 12.1 Å². The van der Waals surface area contributed by atoms with E-state index >= 15 is 0 Å². The zero-order valence-corrected chi connectivity index (χ0v) is 46.5. The van der Waals surface area contributed by atoms with E-state index < -0.39 is 29.7 Å². The Balaban J connectivity index is 0.719. The number of para-hydroxylation sites is 1. The number of carbonyl (C=O) groups is 4. The van der Waals surface area contributed by atoms with Gasteiger partial charge in [-0.3, -0.25) is 34.6 Å². The molecule has 0 bridgehead atoms. The van der Waals surface area contributed by atoms with Gasteiger partial charge in [-0.25, -0.2) is 14.8 Å². The number of aryl methyl sites for hydroxylation is 1. The number of rotatable bonds is 13. The number of nitrogens with zero attached hydrogens (tertiary/aromatic N) is 7. The van der Waals surface area contributed by atoms with Crippen molar-refractivity contribution >= 4 is 72.8 Å². The smallest absolute Gasteiger partial charge is 0.404 e. The van der Waals surface area contributed by atoms with Crippen molar-refractivity contribution in [1.82, 2.24) is 30.0 Å². The van der Waals surface area contributed by atoms with Crippen LogP contribution < -0.4 is 25.2 Å². The van der Waals surface area contributed by atoms with E-state index in [1.165, 1.54) is 11.3 Å². The van der Waals surface area contributed by atoms with Crippen LogP contribution in [0.2, 0.25) is 0 Å². The number of pyridine rings is 1. The normalized spacial score (nSPS) is 19.7. The highest BCUT2D eigenvalue weighted by molar-refractivity contribution is 7.22. The van der Waals surface area contributed by atoms with Crippen LogP contribution in [0.5, 0.6) is 5.75 Å². The monoisotopic (exact) mass is 1110 g/mol. The second kappa shape index (κ2) is 22.3. The number of aromatic nitrogens is 4. The molecule has 80 heavy (non-hydrogen) atoms. The molecule has 3 amide bonds. The Kier molecular flexibility index (Phi) is 15.2. The minimum atomic E-state index is -4.37. The topological polar surface area (TPSA) is 164 Å². The van der Waals surface area contributed by atoms with Gasteiger partial charge in [0.15, 0.2) is 10.8 Å². The van der Waals surface area contributed by atoms with E-state index in [0.717, 1.165) is 61.9 Å². The number of esters is 1. The molecule has 2 atom stereocenters. The van der Waals surface area contributed by atoms with E-state index in [2.05, 4.69) is 30.5 Å². The first-order valence-corrected chi connectivity index (χ1v) is 28.5. The number of nitrogens with one attached hydrogen (secondary N) is 2. The number of anilines is 3. The van der Waals surface area contributed by atoms with Crippen LogP contribution in [0.15, 0.2) is 91.0 Å². The number of hydrogen-bond acceptors (Lipinski definition) is 13. The van der Waals surface area contributed by atoms with E-state index in [-0.39, 0.29) is 61.4 Å². The molecular weight excluding hydrogens is 1040 g/mol. The van der Waals surface area contributed by atoms with Gasteiger partial charge in [-0.1, -0.05) is 47.7 Å². The summed E-state index contributed by atoms with van der Waals surface area (Å²) >= 11 is 1.42. The van der Waals surface area contributed by atoms with E-state index in [4.69, 9.17) is 14.5 Å². The number of imide groups is 1. The number of amides is 3. The summed E-state index contributed by atoms with van der Waals surface area (Å²) in [5, 5.41) is 11.4. The SMILES string of the molecule is Cc1c(OC2CCC(CC[C@H](N3CCN(c4ccc5c(C6CCC(=O)NC6=O)nn(C)c5c4)CC3)C(F)(F)F)CC2)cccc1-c1ccc(N2CCc3cccc(C(=O)Nc4nc5ccccc5s4)c3C2)nc1C(=O)OC(C)(C)C. The molecule has 0 radical (unpaired) electrons. The predicted octanol–water partition coefficient (Wildman–Crippen LogP) is 11.3. The molecule has 15 nitrogen and oxygen atoms in total. The predicted molar refractivity (Wildman–Crippen MR) is 303 cm³/mol. The largest absolute Gasteiger partial charge is 0.490 e. The number of piperazine rings is 1. The zero-order valence-electron chi connectivity index (χ0n) is 45.7. The number of thiazole rings is 1. The van der Waals surface area contributed by atoms with Crippen LogP contribution >= 0.6 is 11.3 Å². The van der Waals surface area contributed by atoms with Gasteiger partial charge in [0.25, 0.3) is 5.91 Å². The van der Waals surface area contributed by atoms with Gasteiger partial charge in [-0.15, -0.1) is 0 Å². The molecule has 3 aliphatic heterocycles. The van der Waals surface area contributed by atoms with Gasteiger partial charge in [0.1, 0.15) is 23.2 Å². The molecule has 1 aliphatic carbocycles. The minimum Gasteiger partial charge on any atom is -0.490 e. The van der Waals surface area contributed by atoms with Gasteiger partial charge in [0.05, 0.1) is 33.4 Å². The second-order valence-electron chi connectivity index (χ2n) is 22.7. The molecule has 2 saturated heterocycles. The lowest BCUT2D eigenvalue weighted by Gasteiger charge is -2.41. The molecule has 7 aromatic rings. The lowest BCUT2D eigenvalue weighted by atomic mass is 9.83. The summed E-state index contributed by atoms with van der Waals surface area (Å²) < 4.78 is 59.9. The molecule has 4 aliphatic rings. The molecule has 3 aromatic heterocycles. The minimum absolute atomic E-state index is 0.0345. The number of piperidine rings is 1. The fourth-order valence-corrected chi connectivity index (χ4v) is 12.9. The van der Waals surface area contributed by atoms with E-state index in [9.17, 15) is 32.3 Å². The molecular formula is C61H66F3N9O6S. The third-order valence-electron chi connectivity index (χ3n) is 16.3. The lowest BCUT2D eigenvalue weighted by molar-refractivity contribution is -0.187. The van der Waals surface area contributed by atoms with Crippen LogP contribution in [-0.2, 0) is 34.3 Å². The summed E-state index contributed by atoms with van der Waals surface area (Å²) in [6.07, 6.45) is 0.266. The Labute approximate surface area is 466 Å². The maximum atomic E-state index is 14.8. The molecule has 418 valence electrons. The number of ether oxygens (including phenoxy) is 2. The number of carbonyl (C=O) groups excluding carboxylic acids is 4. The van der Waals surface area contributed by atoms with E-state index in [1.54, 1.807) is 16.6 Å². The first kappa shape index (κ1) is 54.6. The van der Waals surface area contributed by atoms with E-state index in [1.807, 2.05) is 119 Å². The quantitative estimate of drug-likeness (QED) is 0.0831. The average molecular weight is 1110 g/mol. The highest BCUT2D eigenvalue weighted by atomic mass is 32.1. The first-order chi connectivity index (χ1) is 38.3. The maximum absolute atomic E-state index is 14.8. The van der Waals surface area contributed by atoms with Crippen LogP contribution in [0.25, 0.3) is 32.2 Å². The summed E-state index contributed by atoms with van der Waals surface area (Å²) in [5.74, 6) is -0.577. The summed E-state index contributed by atoms with van der Waals surface area (Å²) in [7, 11) is 1.81. The highest BCUT2D eigenvalue weighted by Crippen LogP contribution is 2.40. The van der Waals surface area contributed by atoms with Crippen molar-refractivity contribution in [3.05, 3.63) is 125 Å². The van der Waals surface area contributed by atoms with Crippen LogP contribution in [0.1, 0.15) is 121 Å².